The molecule has 1 heterocycles. The van der Waals surface area contributed by atoms with E-state index in [0.29, 0.717) is 0 Å². The van der Waals surface area contributed by atoms with Gasteiger partial charge >= 0.3 is 0 Å². The van der Waals surface area contributed by atoms with E-state index in [2.05, 4.69) is 15.3 Å². The van der Waals surface area contributed by atoms with E-state index >= 15 is 0 Å². The Morgan fingerprint density at radius 3 is 2.90 bits per heavy atom. The predicted octanol–water partition coefficient (Wildman–Crippen LogP) is 1.22. The number of aryl methyl sites for hydroxylation is 1. The summed E-state index contributed by atoms with van der Waals surface area (Å²) in [6.45, 7) is 4.89. The van der Waals surface area contributed by atoms with E-state index in [0.717, 1.165) is 18.1 Å². The van der Waals surface area contributed by atoms with Crippen LogP contribution in [0.5, 0.6) is 0 Å². The molecule has 1 rings (SSSR count). The second-order valence-electron chi connectivity index (χ2n) is 2.07. The van der Waals surface area contributed by atoms with Crippen molar-refractivity contribution >= 4 is 5.82 Å². The van der Waals surface area contributed by atoms with Crippen molar-refractivity contribution in [3.8, 4) is 0 Å². The van der Waals surface area contributed by atoms with Crippen molar-refractivity contribution in [3.63, 3.8) is 0 Å². The molecule has 0 aromatic carbocycles. The summed E-state index contributed by atoms with van der Waals surface area (Å²) in [7, 11) is 0. The number of rotatable bonds is 2. The zero-order valence-electron chi connectivity index (χ0n) is 6.26. The van der Waals surface area contributed by atoms with Crippen LogP contribution in [0, 0.1) is 6.92 Å². The summed E-state index contributed by atoms with van der Waals surface area (Å²) in [5, 5.41) is 3.10. The summed E-state index contributed by atoms with van der Waals surface area (Å²) < 4.78 is 0. The van der Waals surface area contributed by atoms with Gasteiger partial charge in [0.15, 0.2) is 0 Å². The topological polar surface area (TPSA) is 37.8 Å². The van der Waals surface area contributed by atoms with Gasteiger partial charge in [-0.3, -0.25) is 0 Å². The van der Waals surface area contributed by atoms with Crippen molar-refractivity contribution < 1.29 is 0 Å². The lowest BCUT2D eigenvalue weighted by Crippen LogP contribution is -1.99. The highest BCUT2D eigenvalue weighted by Gasteiger charge is 1.89. The van der Waals surface area contributed by atoms with Crippen molar-refractivity contribution in [2.24, 2.45) is 0 Å². The van der Waals surface area contributed by atoms with Gasteiger partial charge in [0.2, 0.25) is 0 Å². The predicted molar refractivity (Wildman–Crippen MR) is 40.9 cm³/mol. The third kappa shape index (κ3) is 1.69. The Labute approximate surface area is 60.5 Å². The van der Waals surface area contributed by atoms with Crippen LogP contribution in [-0.2, 0) is 0 Å². The second-order valence-corrected chi connectivity index (χ2v) is 2.07. The molecule has 0 saturated heterocycles. The van der Waals surface area contributed by atoms with Crippen LogP contribution in [0.4, 0.5) is 5.82 Å². The average Bonchev–Trinajstić information content (AvgIpc) is 1.88. The molecule has 0 radical (unpaired) electrons. The highest BCUT2D eigenvalue weighted by molar-refractivity contribution is 5.33. The molecule has 10 heavy (non-hydrogen) atoms. The van der Waals surface area contributed by atoms with Gasteiger partial charge in [-0.05, 0) is 13.8 Å². The normalized spacial score (nSPS) is 9.40. The first-order valence-corrected chi connectivity index (χ1v) is 3.35. The average molecular weight is 137 g/mol. The van der Waals surface area contributed by atoms with Gasteiger partial charge in [0.25, 0.3) is 0 Å². The van der Waals surface area contributed by atoms with Crippen molar-refractivity contribution in [3.05, 3.63) is 18.1 Å². The standard InChI is InChI=1S/C7H11N3/c1-3-8-7-4-6(2)9-5-10-7/h4-5H,3H2,1-2H3,(H,8,9,10). The zero-order valence-corrected chi connectivity index (χ0v) is 6.26. The molecular weight excluding hydrogens is 126 g/mol. The van der Waals surface area contributed by atoms with Crippen LogP contribution in [0.3, 0.4) is 0 Å². The minimum absolute atomic E-state index is 0.898. The third-order valence-electron chi connectivity index (χ3n) is 1.16. The lowest BCUT2D eigenvalue weighted by Gasteiger charge is -2.00. The fourth-order valence-electron chi connectivity index (χ4n) is 0.732. The van der Waals surface area contributed by atoms with Gasteiger partial charge < -0.3 is 5.32 Å². The summed E-state index contributed by atoms with van der Waals surface area (Å²) in [4.78, 5) is 7.98. The summed E-state index contributed by atoms with van der Waals surface area (Å²) >= 11 is 0. The van der Waals surface area contributed by atoms with E-state index in [9.17, 15) is 0 Å². The summed E-state index contributed by atoms with van der Waals surface area (Å²) in [6, 6.07) is 1.92. The number of nitrogens with one attached hydrogen (secondary N) is 1. The molecular formula is C7H11N3. The molecule has 0 spiro atoms. The van der Waals surface area contributed by atoms with Crippen LogP contribution >= 0.6 is 0 Å². The Kier molecular flexibility index (Phi) is 2.20. The number of aromatic nitrogens is 2. The largest absolute Gasteiger partial charge is 0.370 e. The molecule has 1 aromatic heterocycles. The van der Waals surface area contributed by atoms with Gasteiger partial charge in [-0.2, -0.15) is 0 Å². The van der Waals surface area contributed by atoms with Crippen LogP contribution in [0.2, 0.25) is 0 Å². The van der Waals surface area contributed by atoms with Crippen LogP contribution in [0.1, 0.15) is 12.6 Å². The van der Waals surface area contributed by atoms with E-state index in [1.54, 1.807) is 6.33 Å². The van der Waals surface area contributed by atoms with Crippen molar-refractivity contribution in [2.75, 3.05) is 11.9 Å². The number of nitrogens with zero attached hydrogens (tertiary/aromatic N) is 2. The Morgan fingerprint density at radius 2 is 2.30 bits per heavy atom. The van der Waals surface area contributed by atoms with Gasteiger partial charge in [-0.1, -0.05) is 0 Å². The minimum atomic E-state index is 0.898. The molecule has 3 heteroatoms. The molecule has 54 valence electrons. The Bertz CT molecular complexity index is 210. The Hall–Kier alpha value is -1.12. The quantitative estimate of drug-likeness (QED) is 0.666. The fraction of sp³-hybridized carbons (Fsp3) is 0.429. The van der Waals surface area contributed by atoms with Gasteiger partial charge in [0, 0.05) is 18.3 Å². The Morgan fingerprint density at radius 1 is 1.50 bits per heavy atom. The maximum absolute atomic E-state index is 4.01. The first-order valence-electron chi connectivity index (χ1n) is 3.35. The summed E-state index contributed by atoms with van der Waals surface area (Å²) in [5.41, 5.74) is 0.992. The van der Waals surface area contributed by atoms with Crippen molar-refractivity contribution in [2.45, 2.75) is 13.8 Å². The van der Waals surface area contributed by atoms with Crippen LogP contribution in [0.25, 0.3) is 0 Å². The molecule has 0 aliphatic carbocycles. The molecule has 0 atom stereocenters. The van der Waals surface area contributed by atoms with Crippen molar-refractivity contribution in [1.29, 1.82) is 0 Å². The van der Waals surface area contributed by atoms with E-state index in [4.69, 9.17) is 0 Å². The highest BCUT2D eigenvalue weighted by Crippen LogP contribution is 2.00. The molecule has 0 bridgehead atoms. The Balaban J connectivity index is 2.75. The molecule has 0 fully saturated rings. The van der Waals surface area contributed by atoms with Crippen LogP contribution < -0.4 is 5.32 Å². The lowest BCUT2D eigenvalue weighted by molar-refractivity contribution is 1.07. The number of hydrogen-bond acceptors (Lipinski definition) is 3. The van der Waals surface area contributed by atoms with E-state index in [-0.39, 0.29) is 0 Å². The third-order valence-corrected chi connectivity index (χ3v) is 1.16. The number of anilines is 1. The highest BCUT2D eigenvalue weighted by atomic mass is 15.0. The van der Waals surface area contributed by atoms with Crippen molar-refractivity contribution in [1.82, 2.24) is 9.97 Å². The maximum atomic E-state index is 4.01. The monoisotopic (exact) mass is 137 g/mol. The first kappa shape index (κ1) is 6.99. The van der Waals surface area contributed by atoms with Gasteiger partial charge in [0.1, 0.15) is 12.1 Å². The van der Waals surface area contributed by atoms with Gasteiger partial charge in [0.05, 0.1) is 0 Å². The van der Waals surface area contributed by atoms with Crippen LogP contribution in [0.15, 0.2) is 12.4 Å². The molecule has 0 aliphatic rings. The minimum Gasteiger partial charge on any atom is -0.370 e. The first-order chi connectivity index (χ1) is 4.83. The van der Waals surface area contributed by atoms with E-state index in [1.165, 1.54) is 0 Å². The molecule has 0 amide bonds. The van der Waals surface area contributed by atoms with E-state index < -0.39 is 0 Å². The molecule has 1 aromatic rings. The molecule has 0 unspecified atom stereocenters. The summed E-state index contributed by atoms with van der Waals surface area (Å²) in [6.07, 6.45) is 1.56. The van der Waals surface area contributed by atoms with Crippen LogP contribution in [-0.4, -0.2) is 16.5 Å². The number of hydrogen-bond donors (Lipinski definition) is 1. The SMILES string of the molecule is CCNc1cc(C)ncn1. The fourth-order valence-corrected chi connectivity index (χ4v) is 0.732. The van der Waals surface area contributed by atoms with Gasteiger partial charge in [-0.25, -0.2) is 9.97 Å². The molecule has 0 saturated carbocycles. The van der Waals surface area contributed by atoms with Gasteiger partial charge in [-0.15, -0.1) is 0 Å². The smallest absolute Gasteiger partial charge is 0.129 e. The lowest BCUT2D eigenvalue weighted by atomic mass is 10.4. The second kappa shape index (κ2) is 3.15. The molecule has 0 aliphatic heterocycles. The summed E-state index contributed by atoms with van der Waals surface area (Å²) in [5.74, 6) is 0.898. The molecule has 1 N–H and O–H groups in total. The van der Waals surface area contributed by atoms with E-state index in [1.807, 2.05) is 19.9 Å². The molecule has 3 nitrogen and oxygen atoms in total. The maximum Gasteiger partial charge on any atom is 0.129 e. The zero-order chi connectivity index (χ0) is 7.40.